The maximum Gasteiger partial charge on any atom is 0.193 e. The van der Waals surface area contributed by atoms with Gasteiger partial charge in [-0.3, -0.25) is 4.99 Å². The monoisotopic (exact) mass is 335 g/mol. The van der Waals surface area contributed by atoms with Crippen LogP contribution in [-0.2, 0) is 0 Å². The Kier molecular flexibility index (Phi) is 4.98. The molecule has 0 saturated carbocycles. The molecule has 88 valence electrons. The van der Waals surface area contributed by atoms with E-state index in [4.69, 9.17) is 5.73 Å². The highest BCUT2D eigenvalue weighted by Crippen LogP contribution is 2.18. The average Bonchev–Trinajstić information content (AvgIpc) is 2.19. The van der Waals surface area contributed by atoms with Crippen LogP contribution < -0.4 is 11.1 Å². The van der Waals surface area contributed by atoms with Gasteiger partial charge in [0, 0.05) is 10.1 Å². The number of halogens is 2. The first-order valence-electron chi connectivity index (χ1n) is 5.01. The number of guanidine groups is 1. The van der Waals surface area contributed by atoms with Crippen LogP contribution in [0.25, 0.3) is 0 Å². The zero-order valence-corrected chi connectivity index (χ0v) is 11.5. The minimum Gasteiger partial charge on any atom is -0.370 e. The molecule has 0 atom stereocenters. The molecule has 0 aromatic heterocycles. The van der Waals surface area contributed by atoms with Crippen molar-refractivity contribution in [3.8, 4) is 0 Å². The summed E-state index contributed by atoms with van der Waals surface area (Å²) in [5.41, 5.74) is 6.47. The van der Waals surface area contributed by atoms with Crippen LogP contribution in [-0.4, -0.2) is 12.5 Å². The first-order valence-corrected chi connectivity index (χ1v) is 6.09. The van der Waals surface area contributed by atoms with Gasteiger partial charge in [0.25, 0.3) is 0 Å². The van der Waals surface area contributed by atoms with Gasteiger partial charge in [0.2, 0.25) is 0 Å². The van der Waals surface area contributed by atoms with E-state index in [1.165, 1.54) is 12.1 Å². The number of benzene rings is 1. The van der Waals surface area contributed by atoms with Crippen molar-refractivity contribution in [2.75, 3.05) is 11.9 Å². The van der Waals surface area contributed by atoms with E-state index in [1.807, 2.05) is 22.6 Å². The van der Waals surface area contributed by atoms with Crippen molar-refractivity contribution in [3.05, 3.63) is 27.6 Å². The lowest BCUT2D eigenvalue weighted by atomic mass is 10.2. The molecule has 1 aromatic carbocycles. The quantitative estimate of drug-likeness (QED) is 0.507. The zero-order valence-electron chi connectivity index (χ0n) is 9.30. The summed E-state index contributed by atoms with van der Waals surface area (Å²) in [6, 6.07) is 4.48. The Morgan fingerprint density at radius 2 is 2.25 bits per heavy atom. The molecular formula is C11H15FIN3. The molecule has 0 aliphatic heterocycles. The summed E-state index contributed by atoms with van der Waals surface area (Å²) in [7, 11) is 0. The van der Waals surface area contributed by atoms with Crippen molar-refractivity contribution in [3.63, 3.8) is 0 Å². The largest absolute Gasteiger partial charge is 0.370 e. The van der Waals surface area contributed by atoms with Crippen LogP contribution in [0.1, 0.15) is 13.8 Å². The molecule has 0 aliphatic carbocycles. The second kappa shape index (κ2) is 6.03. The molecule has 0 heterocycles. The van der Waals surface area contributed by atoms with E-state index in [1.54, 1.807) is 6.07 Å². The number of nitrogens with zero attached hydrogens (tertiary/aromatic N) is 1. The Labute approximate surface area is 108 Å². The van der Waals surface area contributed by atoms with Crippen molar-refractivity contribution in [2.24, 2.45) is 16.6 Å². The molecule has 1 aromatic rings. The topological polar surface area (TPSA) is 50.4 Å². The van der Waals surface area contributed by atoms with Crippen molar-refractivity contribution in [1.29, 1.82) is 0 Å². The molecular weight excluding hydrogens is 320 g/mol. The van der Waals surface area contributed by atoms with Crippen LogP contribution in [0.2, 0.25) is 0 Å². The van der Waals surface area contributed by atoms with Gasteiger partial charge in [-0.15, -0.1) is 0 Å². The first-order chi connectivity index (χ1) is 7.49. The van der Waals surface area contributed by atoms with E-state index in [0.29, 0.717) is 18.4 Å². The molecule has 0 unspecified atom stereocenters. The predicted molar refractivity (Wildman–Crippen MR) is 74.1 cm³/mol. The number of nitrogens with two attached hydrogens (primary N) is 1. The third kappa shape index (κ3) is 4.34. The van der Waals surface area contributed by atoms with E-state index in [-0.39, 0.29) is 5.82 Å². The number of hydrogen-bond acceptors (Lipinski definition) is 1. The van der Waals surface area contributed by atoms with Gasteiger partial charge in [0.1, 0.15) is 5.82 Å². The maximum atomic E-state index is 12.8. The third-order valence-electron chi connectivity index (χ3n) is 1.82. The molecule has 3 nitrogen and oxygen atoms in total. The third-order valence-corrected chi connectivity index (χ3v) is 2.71. The van der Waals surface area contributed by atoms with Gasteiger partial charge in [-0.2, -0.15) is 0 Å². The van der Waals surface area contributed by atoms with Gasteiger partial charge in [-0.25, -0.2) is 4.39 Å². The standard InChI is InChI=1S/C11H15FIN3/c1-7(2)6-15-11(14)16-10-4-3-8(12)5-9(10)13/h3-5,7H,6H2,1-2H3,(H3,14,15,16). The molecule has 0 radical (unpaired) electrons. The summed E-state index contributed by atoms with van der Waals surface area (Å²) < 4.78 is 13.6. The molecule has 0 aliphatic rings. The summed E-state index contributed by atoms with van der Waals surface area (Å²) in [6.07, 6.45) is 0. The van der Waals surface area contributed by atoms with Crippen LogP contribution in [0.15, 0.2) is 23.2 Å². The van der Waals surface area contributed by atoms with Gasteiger partial charge >= 0.3 is 0 Å². The number of nitrogens with one attached hydrogen (secondary N) is 1. The minimum absolute atomic E-state index is 0.257. The van der Waals surface area contributed by atoms with E-state index < -0.39 is 0 Å². The van der Waals surface area contributed by atoms with E-state index in [2.05, 4.69) is 24.2 Å². The van der Waals surface area contributed by atoms with Crippen molar-refractivity contribution >= 4 is 34.2 Å². The molecule has 0 spiro atoms. The molecule has 0 saturated heterocycles. The highest BCUT2D eigenvalue weighted by molar-refractivity contribution is 14.1. The number of hydrogen-bond donors (Lipinski definition) is 2. The fourth-order valence-electron chi connectivity index (χ4n) is 1.05. The Balaban J connectivity index is 2.69. The summed E-state index contributed by atoms with van der Waals surface area (Å²) in [6.45, 7) is 4.81. The number of aliphatic imine (C=N–C) groups is 1. The lowest BCUT2D eigenvalue weighted by Gasteiger charge is -2.08. The summed E-state index contributed by atoms with van der Waals surface area (Å²) in [5.74, 6) is 0.568. The Morgan fingerprint density at radius 1 is 1.56 bits per heavy atom. The smallest absolute Gasteiger partial charge is 0.193 e. The lowest BCUT2D eigenvalue weighted by molar-refractivity contribution is 0.627. The maximum absolute atomic E-state index is 12.8. The van der Waals surface area contributed by atoms with Crippen molar-refractivity contribution in [2.45, 2.75) is 13.8 Å². The van der Waals surface area contributed by atoms with E-state index in [9.17, 15) is 4.39 Å². The van der Waals surface area contributed by atoms with Gasteiger partial charge < -0.3 is 11.1 Å². The number of rotatable bonds is 3. The molecule has 16 heavy (non-hydrogen) atoms. The van der Waals surface area contributed by atoms with E-state index in [0.717, 1.165) is 9.26 Å². The fraction of sp³-hybridized carbons (Fsp3) is 0.364. The molecule has 0 fully saturated rings. The summed E-state index contributed by atoms with van der Waals surface area (Å²) >= 11 is 2.05. The fourth-order valence-corrected chi connectivity index (χ4v) is 1.66. The van der Waals surface area contributed by atoms with Gasteiger partial charge in [-0.05, 0) is 46.7 Å². The van der Waals surface area contributed by atoms with Crippen LogP contribution in [0, 0.1) is 15.3 Å². The molecule has 0 bridgehead atoms. The second-order valence-corrected chi connectivity index (χ2v) is 5.03. The van der Waals surface area contributed by atoms with Crippen LogP contribution in [0.5, 0.6) is 0 Å². The highest BCUT2D eigenvalue weighted by atomic mass is 127. The molecule has 0 amide bonds. The normalized spacial score (nSPS) is 11.9. The second-order valence-electron chi connectivity index (χ2n) is 3.87. The summed E-state index contributed by atoms with van der Waals surface area (Å²) in [4.78, 5) is 4.17. The Morgan fingerprint density at radius 3 is 2.81 bits per heavy atom. The lowest BCUT2D eigenvalue weighted by Crippen LogP contribution is -2.23. The SMILES string of the molecule is CC(C)CN=C(N)Nc1ccc(F)cc1I. The van der Waals surface area contributed by atoms with Crippen molar-refractivity contribution in [1.82, 2.24) is 0 Å². The number of anilines is 1. The summed E-state index contributed by atoms with van der Waals surface area (Å²) in [5, 5.41) is 2.95. The van der Waals surface area contributed by atoms with Crippen molar-refractivity contribution < 1.29 is 4.39 Å². The highest BCUT2D eigenvalue weighted by Gasteiger charge is 2.02. The molecule has 5 heteroatoms. The van der Waals surface area contributed by atoms with Crippen LogP contribution in [0.4, 0.5) is 10.1 Å². The van der Waals surface area contributed by atoms with Crippen LogP contribution >= 0.6 is 22.6 Å². The Hall–Kier alpha value is -0.850. The Bertz CT molecular complexity index is 391. The van der Waals surface area contributed by atoms with Gasteiger partial charge in [0.05, 0.1) is 5.69 Å². The van der Waals surface area contributed by atoms with Gasteiger partial charge in [0.15, 0.2) is 5.96 Å². The minimum atomic E-state index is -0.257. The first kappa shape index (κ1) is 13.2. The average molecular weight is 335 g/mol. The molecule has 3 N–H and O–H groups in total. The van der Waals surface area contributed by atoms with E-state index >= 15 is 0 Å². The molecule has 1 rings (SSSR count). The zero-order chi connectivity index (χ0) is 12.1. The van der Waals surface area contributed by atoms with Crippen LogP contribution in [0.3, 0.4) is 0 Å². The predicted octanol–water partition coefficient (Wildman–Crippen LogP) is 2.81. The van der Waals surface area contributed by atoms with Gasteiger partial charge in [-0.1, -0.05) is 13.8 Å².